The summed E-state index contributed by atoms with van der Waals surface area (Å²) in [6, 6.07) is 7.58. The number of imide groups is 1. The first-order valence-electron chi connectivity index (χ1n) is 8.96. The molecule has 1 aliphatic heterocycles. The van der Waals surface area contributed by atoms with Crippen LogP contribution in [0, 0.1) is 17.0 Å². The predicted octanol–water partition coefficient (Wildman–Crippen LogP) is 4.02. The van der Waals surface area contributed by atoms with Crippen LogP contribution >= 0.6 is 23.4 Å². The third-order valence-corrected chi connectivity index (χ3v) is 5.36. The number of hydrogen-bond acceptors (Lipinski definition) is 7. The molecule has 0 atom stereocenters. The van der Waals surface area contributed by atoms with Crippen LogP contribution in [-0.2, 0) is 9.59 Å². The summed E-state index contributed by atoms with van der Waals surface area (Å²) < 4.78 is 5.32. The van der Waals surface area contributed by atoms with E-state index in [1.807, 2.05) is 0 Å². The Kier molecular flexibility index (Phi) is 6.93. The number of carbonyl (C=O) groups is 3. The Morgan fingerprint density at radius 1 is 1.32 bits per heavy atom. The number of thioether (sulfide) groups is 1. The Morgan fingerprint density at radius 3 is 2.77 bits per heavy atom. The predicted molar refractivity (Wildman–Crippen MR) is 116 cm³/mol. The Morgan fingerprint density at radius 2 is 2.10 bits per heavy atom. The zero-order chi connectivity index (χ0) is 22.5. The van der Waals surface area contributed by atoms with Crippen molar-refractivity contribution in [2.75, 3.05) is 13.1 Å². The van der Waals surface area contributed by atoms with E-state index < -0.39 is 22.0 Å². The minimum absolute atomic E-state index is 0.0117. The average Bonchev–Trinajstić information content (AvgIpc) is 3.25. The molecule has 0 spiro atoms. The molecule has 3 rings (SSSR count). The first-order valence-corrected chi connectivity index (χ1v) is 10.2. The van der Waals surface area contributed by atoms with Crippen LogP contribution in [0.1, 0.15) is 17.1 Å². The largest absolute Gasteiger partial charge is 0.462 e. The molecule has 0 unspecified atom stereocenters. The van der Waals surface area contributed by atoms with Gasteiger partial charge in [0.05, 0.1) is 9.83 Å². The average molecular weight is 462 g/mol. The fourth-order valence-corrected chi connectivity index (χ4v) is 3.71. The number of rotatable bonds is 7. The summed E-state index contributed by atoms with van der Waals surface area (Å²) in [5.41, 5.74) is 0.0725. The van der Waals surface area contributed by atoms with Crippen molar-refractivity contribution in [2.45, 2.75) is 6.92 Å². The highest BCUT2D eigenvalue weighted by atomic mass is 35.5. The van der Waals surface area contributed by atoms with E-state index in [0.29, 0.717) is 11.3 Å². The van der Waals surface area contributed by atoms with Gasteiger partial charge in [0.2, 0.25) is 5.91 Å². The first kappa shape index (κ1) is 22.3. The summed E-state index contributed by atoms with van der Waals surface area (Å²) in [5, 5.41) is 13.1. The molecule has 1 fully saturated rings. The van der Waals surface area contributed by atoms with Gasteiger partial charge in [0.25, 0.3) is 16.8 Å². The van der Waals surface area contributed by atoms with Gasteiger partial charge in [0.1, 0.15) is 16.5 Å². The van der Waals surface area contributed by atoms with E-state index in [4.69, 9.17) is 16.0 Å². The zero-order valence-corrected chi connectivity index (χ0v) is 17.7. The van der Waals surface area contributed by atoms with Gasteiger partial charge in [0.15, 0.2) is 0 Å². The fourth-order valence-electron chi connectivity index (χ4n) is 2.65. The second-order valence-corrected chi connectivity index (χ2v) is 7.77. The van der Waals surface area contributed by atoms with Crippen LogP contribution < -0.4 is 5.32 Å². The van der Waals surface area contributed by atoms with Crippen LogP contribution in [0.25, 0.3) is 12.2 Å². The molecule has 0 radical (unpaired) electrons. The lowest BCUT2D eigenvalue weighted by Gasteiger charge is -2.12. The highest BCUT2D eigenvalue weighted by molar-refractivity contribution is 8.18. The van der Waals surface area contributed by atoms with Gasteiger partial charge in [0, 0.05) is 25.2 Å². The lowest BCUT2D eigenvalue weighted by molar-refractivity contribution is -0.384. The maximum atomic E-state index is 12.5. The smallest absolute Gasteiger partial charge is 0.293 e. The standard InChI is InChI=1S/C20H16ClN3O6S/c1-12-2-4-14(30-12)5-7-18(25)22-8-9-23-19(26)17(31-20(23)27)11-13-3-6-15(21)16(10-13)24(28)29/h2-7,10-11H,8-9H2,1H3,(H,22,25)/b7-5+,17-11-. The molecule has 9 nitrogen and oxygen atoms in total. The van der Waals surface area contributed by atoms with Crippen molar-refractivity contribution in [3.05, 3.63) is 73.5 Å². The van der Waals surface area contributed by atoms with Gasteiger partial charge in [-0.1, -0.05) is 17.7 Å². The van der Waals surface area contributed by atoms with E-state index in [1.165, 1.54) is 36.4 Å². The molecule has 0 saturated carbocycles. The third-order valence-electron chi connectivity index (χ3n) is 4.13. The van der Waals surface area contributed by atoms with E-state index in [2.05, 4.69) is 5.32 Å². The fraction of sp³-hybridized carbons (Fsp3) is 0.150. The van der Waals surface area contributed by atoms with Crippen LogP contribution in [0.4, 0.5) is 10.5 Å². The van der Waals surface area contributed by atoms with Crippen molar-refractivity contribution >= 4 is 58.3 Å². The Balaban J connectivity index is 1.58. The summed E-state index contributed by atoms with van der Waals surface area (Å²) in [6.07, 6.45) is 4.19. The number of halogens is 1. The maximum Gasteiger partial charge on any atom is 0.293 e. The number of hydrogen-bond donors (Lipinski definition) is 1. The minimum atomic E-state index is -0.629. The molecule has 0 aliphatic carbocycles. The summed E-state index contributed by atoms with van der Waals surface area (Å²) in [6.45, 7) is 1.84. The lowest BCUT2D eigenvalue weighted by atomic mass is 10.2. The molecule has 11 heteroatoms. The van der Waals surface area contributed by atoms with Crippen molar-refractivity contribution in [3.63, 3.8) is 0 Å². The van der Waals surface area contributed by atoms with E-state index >= 15 is 0 Å². The molecule has 160 valence electrons. The molecule has 0 bridgehead atoms. The summed E-state index contributed by atoms with van der Waals surface area (Å²) >= 11 is 6.50. The summed E-state index contributed by atoms with van der Waals surface area (Å²) in [5.74, 6) is 0.320. The molecule has 1 aromatic carbocycles. The molecule has 1 aliphatic rings. The number of nitro benzene ring substituents is 1. The molecule has 1 aromatic heterocycles. The minimum Gasteiger partial charge on any atom is -0.462 e. The van der Waals surface area contributed by atoms with Gasteiger partial charge in [-0.05, 0) is 54.6 Å². The normalized spacial score (nSPS) is 15.3. The highest BCUT2D eigenvalue weighted by Gasteiger charge is 2.34. The van der Waals surface area contributed by atoms with Crippen molar-refractivity contribution in [3.8, 4) is 0 Å². The van der Waals surface area contributed by atoms with Crippen LogP contribution in [0.2, 0.25) is 5.02 Å². The van der Waals surface area contributed by atoms with E-state index in [0.717, 1.165) is 22.4 Å². The molecular weight excluding hydrogens is 446 g/mol. The van der Waals surface area contributed by atoms with Crippen molar-refractivity contribution in [1.82, 2.24) is 10.2 Å². The van der Waals surface area contributed by atoms with Crippen LogP contribution in [0.15, 0.2) is 45.7 Å². The molecule has 2 aromatic rings. The van der Waals surface area contributed by atoms with Gasteiger partial charge >= 0.3 is 0 Å². The number of nitro groups is 1. The van der Waals surface area contributed by atoms with E-state index in [9.17, 15) is 24.5 Å². The van der Waals surface area contributed by atoms with E-state index in [-0.39, 0.29) is 28.7 Å². The number of nitrogens with one attached hydrogen (secondary N) is 1. The maximum absolute atomic E-state index is 12.5. The van der Waals surface area contributed by atoms with Gasteiger partial charge in [-0.15, -0.1) is 0 Å². The molecule has 2 heterocycles. The number of furan rings is 1. The molecular formula is C20H16ClN3O6S. The van der Waals surface area contributed by atoms with Gasteiger partial charge in [-0.25, -0.2) is 0 Å². The van der Waals surface area contributed by atoms with Crippen molar-refractivity contribution in [2.24, 2.45) is 0 Å². The lowest BCUT2D eigenvalue weighted by Crippen LogP contribution is -2.36. The molecule has 1 N–H and O–H groups in total. The van der Waals surface area contributed by atoms with Gasteiger partial charge < -0.3 is 9.73 Å². The van der Waals surface area contributed by atoms with Gasteiger partial charge in [-0.2, -0.15) is 0 Å². The van der Waals surface area contributed by atoms with Crippen LogP contribution in [0.3, 0.4) is 0 Å². The topological polar surface area (TPSA) is 123 Å². The van der Waals surface area contributed by atoms with Crippen LogP contribution in [0.5, 0.6) is 0 Å². The third kappa shape index (κ3) is 5.62. The number of aryl methyl sites for hydroxylation is 1. The van der Waals surface area contributed by atoms with E-state index in [1.54, 1.807) is 19.1 Å². The Labute approximate surface area is 185 Å². The second kappa shape index (κ2) is 9.63. The molecule has 3 amide bonds. The number of benzene rings is 1. The second-order valence-electron chi connectivity index (χ2n) is 6.37. The number of nitrogens with zero attached hydrogens (tertiary/aromatic N) is 2. The van der Waals surface area contributed by atoms with Crippen molar-refractivity contribution < 1.29 is 23.7 Å². The SMILES string of the molecule is Cc1ccc(/C=C/C(=O)NCCN2C(=O)S/C(=C\c3ccc(Cl)c([N+](=O)[O-])c3)C2=O)o1. The Bertz CT molecular complexity index is 1120. The first-order chi connectivity index (χ1) is 14.7. The number of amides is 3. The summed E-state index contributed by atoms with van der Waals surface area (Å²) in [7, 11) is 0. The highest BCUT2D eigenvalue weighted by Crippen LogP contribution is 2.33. The monoisotopic (exact) mass is 461 g/mol. The molecule has 1 saturated heterocycles. The quantitative estimate of drug-likeness (QED) is 0.375. The number of carbonyl (C=O) groups excluding carboxylic acids is 3. The molecule has 31 heavy (non-hydrogen) atoms. The van der Waals surface area contributed by atoms with Crippen molar-refractivity contribution in [1.29, 1.82) is 0 Å². The van der Waals surface area contributed by atoms with Gasteiger partial charge in [-0.3, -0.25) is 29.4 Å². The summed E-state index contributed by atoms with van der Waals surface area (Å²) in [4.78, 5) is 48.0. The zero-order valence-electron chi connectivity index (χ0n) is 16.2. The van der Waals surface area contributed by atoms with Crippen LogP contribution in [-0.4, -0.2) is 40.0 Å². The Hall–Kier alpha value is -3.37.